The molecule has 0 radical (unpaired) electrons. The summed E-state index contributed by atoms with van der Waals surface area (Å²) in [6.45, 7) is 8.66. The van der Waals surface area contributed by atoms with Crippen molar-refractivity contribution in [2.24, 2.45) is 10.8 Å². The lowest BCUT2D eigenvalue weighted by atomic mass is 9.65. The highest BCUT2D eigenvalue weighted by Gasteiger charge is 2.49. The van der Waals surface area contributed by atoms with Crippen molar-refractivity contribution < 1.29 is 9.52 Å². The molecular formula is C27H29N3O3. The summed E-state index contributed by atoms with van der Waals surface area (Å²) in [5.41, 5.74) is 3.37. The Labute approximate surface area is 192 Å². The van der Waals surface area contributed by atoms with Gasteiger partial charge in [-0.2, -0.15) is 0 Å². The molecular weight excluding hydrogens is 414 g/mol. The Morgan fingerprint density at radius 1 is 1.18 bits per heavy atom. The fourth-order valence-corrected chi connectivity index (χ4v) is 6.59. The standard InChI is InChI=1S/C27H29N3O3/c1-26(2)11-17-12-27(3,14-26)15-30(17)13-19-22(31)9-8-16-10-18(25(32)33-23(16)19)24-28-20-6-4-5-7-21(20)29-24/h4-10,17,31H,11-15H2,1-3H3,(H,28,29)/t17-,27+/m0/s1. The van der Waals surface area contributed by atoms with Gasteiger partial charge in [-0.25, -0.2) is 9.78 Å². The molecule has 0 spiro atoms. The second-order valence-corrected chi connectivity index (χ2v) is 11.2. The molecule has 1 aliphatic carbocycles. The number of fused-ring (bicyclic) bond motifs is 4. The second kappa shape index (κ2) is 6.94. The van der Waals surface area contributed by atoms with Crippen LogP contribution in [0.25, 0.3) is 33.4 Å². The van der Waals surface area contributed by atoms with E-state index in [4.69, 9.17) is 4.42 Å². The maximum Gasteiger partial charge on any atom is 0.347 e. The van der Waals surface area contributed by atoms with Crippen LogP contribution in [-0.4, -0.2) is 32.6 Å². The van der Waals surface area contributed by atoms with Crippen LogP contribution in [0.5, 0.6) is 5.75 Å². The summed E-state index contributed by atoms with van der Waals surface area (Å²) in [5, 5.41) is 11.5. The summed E-state index contributed by atoms with van der Waals surface area (Å²) in [6.07, 6.45) is 3.54. The minimum Gasteiger partial charge on any atom is -0.507 e. The number of imidazole rings is 1. The van der Waals surface area contributed by atoms with Gasteiger partial charge in [-0.05, 0) is 60.4 Å². The van der Waals surface area contributed by atoms with E-state index in [9.17, 15) is 9.90 Å². The molecule has 170 valence electrons. The van der Waals surface area contributed by atoms with Crippen molar-refractivity contribution in [3.05, 3.63) is 58.4 Å². The van der Waals surface area contributed by atoms with Gasteiger partial charge in [0, 0.05) is 24.5 Å². The number of hydrogen-bond donors (Lipinski definition) is 2. The number of aromatic hydroxyl groups is 1. The van der Waals surface area contributed by atoms with Crippen LogP contribution in [-0.2, 0) is 6.54 Å². The van der Waals surface area contributed by atoms with Gasteiger partial charge in [0.1, 0.15) is 22.7 Å². The molecule has 1 aliphatic heterocycles. The zero-order valence-electron chi connectivity index (χ0n) is 19.3. The maximum absolute atomic E-state index is 13.0. The highest BCUT2D eigenvalue weighted by atomic mass is 16.4. The summed E-state index contributed by atoms with van der Waals surface area (Å²) in [4.78, 5) is 23.2. The van der Waals surface area contributed by atoms with E-state index in [1.54, 1.807) is 12.1 Å². The van der Waals surface area contributed by atoms with Crippen LogP contribution in [0.4, 0.5) is 0 Å². The molecule has 33 heavy (non-hydrogen) atoms. The molecule has 6 heteroatoms. The average Bonchev–Trinajstić information content (AvgIpc) is 3.27. The van der Waals surface area contributed by atoms with Gasteiger partial charge in [0.2, 0.25) is 0 Å². The molecule has 0 amide bonds. The molecule has 2 atom stereocenters. The molecule has 6 rings (SSSR count). The number of likely N-dealkylation sites (tertiary alicyclic amines) is 1. The Hall–Kier alpha value is -3.12. The zero-order chi connectivity index (χ0) is 23.0. The van der Waals surface area contributed by atoms with Crippen molar-refractivity contribution in [3.8, 4) is 17.1 Å². The van der Waals surface area contributed by atoms with Crippen molar-refractivity contribution in [3.63, 3.8) is 0 Å². The number of phenols is 1. The molecule has 2 aromatic carbocycles. The molecule has 2 bridgehead atoms. The van der Waals surface area contributed by atoms with Crippen LogP contribution in [0.1, 0.15) is 45.6 Å². The molecule has 2 N–H and O–H groups in total. The van der Waals surface area contributed by atoms with Gasteiger partial charge < -0.3 is 14.5 Å². The minimum absolute atomic E-state index is 0.174. The number of benzene rings is 2. The number of para-hydroxylation sites is 2. The topological polar surface area (TPSA) is 82.4 Å². The van der Waals surface area contributed by atoms with Crippen LogP contribution >= 0.6 is 0 Å². The normalized spacial score (nSPS) is 24.6. The van der Waals surface area contributed by atoms with Crippen LogP contribution in [0.3, 0.4) is 0 Å². The van der Waals surface area contributed by atoms with Gasteiger partial charge in [0.15, 0.2) is 0 Å². The van der Waals surface area contributed by atoms with E-state index in [1.165, 1.54) is 12.8 Å². The lowest BCUT2D eigenvalue weighted by molar-refractivity contribution is 0.126. The van der Waals surface area contributed by atoms with Gasteiger partial charge in [0.05, 0.1) is 16.6 Å². The van der Waals surface area contributed by atoms with E-state index in [1.807, 2.05) is 30.3 Å². The third-order valence-electron chi connectivity index (χ3n) is 7.51. The largest absolute Gasteiger partial charge is 0.507 e. The minimum atomic E-state index is -0.457. The van der Waals surface area contributed by atoms with E-state index < -0.39 is 5.63 Å². The van der Waals surface area contributed by atoms with E-state index in [0.29, 0.717) is 46.0 Å². The molecule has 4 aromatic rings. The molecule has 0 unspecified atom stereocenters. The lowest BCUT2D eigenvalue weighted by Crippen LogP contribution is -2.34. The molecule has 6 nitrogen and oxygen atoms in total. The Balaban J connectivity index is 1.40. The molecule has 2 aromatic heterocycles. The summed E-state index contributed by atoms with van der Waals surface area (Å²) >= 11 is 0. The van der Waals surface area contributed by atoms with Crippen molar-refractivity contribution in [2.45, 2.75) is 52.6 Å². The smallest absolute Gasteiger partial charge is 0.347 e. The average molecular weight is 444 g/mol. The summed E-state index contributed by atoms with van der Waals surface area (Å²) < 4.78 is 5.84. The first kappa shape index (κ1) is 20.5. The zero-order valence-corrected chi connectivity index (χ0v) is 19.3. The molecule has 2 fully saturated rings. The van der Waals surface area contributed by atoms with Gasteiger partial charge >= 0.3 is 5.63 Å². The molecule has 1 saturated heterocycles. The SMILES string of the molecule is CC1(C)C[C@H]2C[C@@](C)(CN2Cc2c(O)ccc3cc(-c4nc5ccccc5[nH]4)c(=O)oc23)C1. The second-order valence-electron chi connectivity index (χ2n) is 11.2. The first-order chi connectivity index (χ1) is 15.7. The Morgan fingerprint density at radius 3 is 2.82 bits per heavy atom. The highest BCUT2D eigenvalue weighted by Crippen LogP contribution is 2.53. The van der Waals surface area contributed by atoms with E-state index in [0.717, 1.165) is 29.4 Å². The number of nitrogens with one attached hydrogen (secondary N) is 1. The Morgan fingerprint density at radius 2 is 2.00 bits per heavy atom. The van der Waals surface area contributed by atoms with Crippen LogP contribution in [0, 0.1) is 10.8 Å². The van der Waals surface area contributed by atoms with Crippen LogP contribution in [0.15, 0.2) is 51.7 Å². The molecule has 2 aliphatic rings. The quantitative estimate of drug-likeness (QED) is 0.412. The first-order valence-corrected chi connectivity index (χ1v) is 11.7. The van der Waals surface area contributed by atoms with Crippen LogP contribution in [0.2, 0.25) is 0 Å². The summed E-state index contributed by atoms with van der Waals surface area (Å²) in [7, 11) is 0. The number of nitrogens with zero attached hydrogens (tertiary/aromatic N) is 2. The van der Waals surface area contributed by atoms with Crippen molar-refractivity contribution in [2.75, 3.05) is 6.54 Å². The lowest BCUT2D eigenvalue weighted by Gasteiger charge is -2.40. The predicted octanol–water partition coefficient (Wildman–Crippen LogP) is 5.44. The number of phenolic OH excluding ortho intramolecular Hbond substituents is 1. The fraction of sp³-hybridized carbons (Fsp3) is 0.407. The number of aromatic nitrogens is 2. The van der Waals surface area contributed by atoms with E-state index >= 15 is 0 Å². The van der Waals surface area contributed by atoms with Crippen molar-refractivity contribution >= 4 is 22.0 Å². The molecule has 3 heterocycles. The summed E-state index contributed by atoms with van der Waals surface area (Å²) in [6, 6.07) is 13.5. The molecule has 1 saturated carbocycles. The third kappa shape index (κ3) is 3.44. The number of H-pyrrole nitrogens is 1. The van der Waals surface area contributed by atoms with Gasteiger partial charge in [-0.1, -0.05) is 32.9 Å². The van der Waals surface area contributed by atoms with Crippen molar-refractivity contribution in [1.82, 2.24) is 14.9 Å². The fourth-order valence-electron chi connectivity index (χ4n) is 6.59. The predicted molar refractivity (Wildman–Crippen MR) is 129 cm³/mol. The summed E-state index contributed by atoms with van der Waals surface area (Å²) in [5.74, 6) is 0.665. The van der Waals surface area contributed by atoms with Gasteiger partial charge in [-0.15, -0.1) is 0 Å². The number of aromatic amines is 1. The third-order valence-corrected chi connectivity index (χ3v) is 7.51. The van der Waals surface area contributed by atoms with Crippen LogP contribution < -0.4 is 5.63 Å². The highest BCUT2D eigenvalue weighted by molar-refractivity contribution is 5.86. The Bertz CT molecular complexity index is 1420. The Kier molecular flexibility index (Phi) is 4.31. The number of hydrogen-bond acceptors (Lipinski definition) is 5. The monoisotopic (exact) mass is 443 g/mol. The van der Waals surface area contributed by atoms with E-state index in [-0.39, 0.29) is 5.75 Å². The first-order valence-electron chi connectivity index (χ1n) is 11.7. The van der Waals surface area contributed by atoms with Gasteiger partial charge in [-0.3, -0.25) is 4.90 Å². The number of rotatable bonds is 3. The van der Waals surface area contributed by atoms with Crippen molar-refractivity contribution in [1.29, 1.82) is 0 Å². The van der Waals surface area contributed by atoms with Gasteiger partial charge in [0.25, 0.3) is 0 Å². The van der Waals surface area contributed by atoms with E-state index in [2.05, 4.69) is 35.6 Å². The maximum atomic E-state index is 13.0.